The Bertz CT molecular complexity index is 811. The molecule has 1 unspecified atom stereocenters. The first-order valence-corrected chi connectivity index (χ1v) is 8.58. The first-order valence-electron chi connectivity index (χ1n) is 8.58. The lowest BCUT2D eigenvalue weighted by Crippen LogP contribution is -2.41. The highest BCUT2D eigenvalue weighted by Gasteiger charge is 2.21. The largest absolute Gasteiger partial charge is 0.350 e. The van der Waals surface area contributed by atoms with Gasteiger partial charge in [0.2, 0.25) is 5.95 Å². The molecule has 1 aliphatic heterocycles. The van der Waals surface area contributed by atoms with E-state index in [9.17, 15) is 0 Å². The molecule has 1 aliphatic rings. The maximum absolute atomic E-state index is 4.28. The maximum atomic E-state index is 4.28. The molecule has 0 radical (unpaired) electrons. The average molecular weight is 321 g/mol. The minimum Gasteiger partial charge on any atom is -0.350 e. The molecule has 4 rings (SSSR count). The smallest absolute Gasteiger partial charge is 0.222 e. The van der Waals surface area contributed by atoms with Crippen LogP contribution in [0.5, 0.6) is 0 Å². The zero-order chi connectivity index (χ0) is 16.4. The van der Waals surface area contributed by atoms with Gasteiger partial charge in [-0.05, 0) is 37.1 Å². The van der Waals surface area contributed by atoms with Gasteiger partial charge < -0.3 is 9.88 Å². The average Bonchev–Trinajstić information content (AvgIpc) is 2.93. The molecule has 1 aromatic carbocycles. The van der Waals surface area contributed by atoms with Gasteiger partial charge in [-0.2, -0.15) is 0 Å². The van der Waals surface area contributed by atoms with E-state index in [1.54, 1.807) is 12.4 Å². The highest BCUT2D eigenvalue weighted by atomic mass is 15.2. The summed E-state index contributed by atoms with van der Waals surface area (Å²) in [4.78, 5) is 11.1. The molecule has 5 heteroatoms. The number of nitrogens with zero attached hydrogens (tertiary/aromatic N) is 4. The second-order valence-electron chi connectivity index (χ2n) is 6.57. The number of anilines is 1. The van der Waals surface area contributed by atoms with E-state index >= 15 is 0 Å². The number of likely N-dealkylation sites (tertiary alicyclic amines) is 1. The van der Waals surface area contributed by atoms with E-state index in [2.05, 4.69) is 62.3 Å². The summed E-state index contributed by atoms with van der Waals surface area (Å²) in [6.45, 7) is 3.17. The summed E-state index contributed by atoms with van der Waals surface area (Å²) in [5.74, 6) is 0.731. The number of aromatic nitrogens is 3. The van der Waals surface area contributed by atoms with Crippen LogP contribution < -0.4 is 5.32 Å². The van der Waals surface area contributed by atoms with Crippen LogP contribution in [0.2, 0.25) is 0 Å². The standard InChI is InChI=1S/C19H23N5/c1-23-12-15(17-7-2-3-8-18(17)23)13-24-11-4-6-16(14-24)22-19-20-9-5-10-21-19/h2-3,5,7-10,12,16H,4,6,11,13-14H2,1H3,(H,20,21,22). The summed E-state index contributed by atoms with van der Waals surface area (Å²) < 4.78 is 2.22. The summed E-state index contributed by atoms with van der Waals surface area (Å²) in [5.41, 5.74) is 2.71. The molecule has 0 amide bonds. The van der Waals surface area contributed by atoms with E-state index in [0.717, 1.165) is 25.6 Å². The number of hydrogen-bond acceptors (Lipinski definition) is 4. The van der Waals surface area contributed by atoms with Crippen LogP contribution in [0.1, 0.15) is 18.4 Å². The molecule has 1 N–H and O–H groups in total. The van der Waals surface area contributed by atoms with Gasteiger partial charge in [0.25, 0.3) is 0 Å². The van der Waals surface area contributed by atoms with Gasteiger partial charge in [-0.15, -0.1) is 0 Å². The Morgan fingerprint density at radius 2 is 2.00 bits per heavy atom. The molecule has 0 saturated carbocycles. The van der Waals surface area contributed by atoms with Crippen molar-refractivity contribution in [2.75, 3.05) is 18.4 Å². The van der Waals surface area contributed by atoms with Crippen molar-refractivity contribution in [1.29, 1.82) is 0 Å². The third-order valence-corrected chi connectivity index (χ3v) is 4.78. The second kappa shape index (κ2) is 6.61. The molecule has 3 heterocycles. The minimum absolute atomic E-state index is 0.413. The van der Waals surface area contributed by atoms with Crippen LogP contribution in [0, 0.1) is 0 Å². The van der Waals surface area contributed by atoms with Gasteiger partial charge in [0.05, 0.1) is 0 Å². The first kappa shape index (κ1) is 15.1. The Hall–Kier alpha value is -2.40. The van der Waals surface area contributed by atoms with Crippen molar-refractivity contribution in [2.24, 2.45) is 7.05 Å². The normalized spacial score (nSPS) is 18.8. The number of benzene rings is 1. The fourth-order valence-corrected chi connectivity index (χ4v) is 3.67. The Balaban J connectivity index is 1.46. The van der Waals surface area contributed by atoms with E-state index in [-0.39, 0.29) is 0 Å². The number of rotatable bonds is 4. The molecule has 2 aromatic heterocycles. The Morgan fingerprint density at radius 3 is 2.88 bits per heavy atom. The van der Waals surface area contributed by atoms with E-state index in [1.807, 2.05) is 6.07 Å². The second-order valence-corrected chi connectivity index (χ2v) is 6.57. The van der Waals surface area contributed by atoms with Crippen molar-refractivity contribution >= 4 is 16.9 Å². The molecule has 124 valence electrons. The first-order chi connectivity index (χ1) is 11.8. The quantitative estimate of drug-likeness (QED) is 0.802. The van der Waals surface area contributed by atoms with Crippen molar-refractivity contribution in [3.8, 4) is 0 Å². The van der Waals surface area contributed by atoms with Crippen LogP contribution in [0.25, 0.3) is 10.9 Å². The number of aryl methyl sites for hydroxylation is 1. The van der Waals surface area contributed by atoms with Crippen molar-refractivity contribution in [2.45, 2.75) is 25.4 Å². The zero-order valence-electron chi connectivity index (χ0n) is 14.0. The lowest BCUT2D eigenvalue weighted by Gasteiger charge is -2.33. The van der Waals surface area contributed by atoms with E-state index in [0.29, 0.717) is 6.04 Å². The van der Waals surface area contributed by atoms with Crippen LogP contribution in [0.3, 0.4) is 0 Å². The molecule has 24 heavy (non-hydrogen) atoms. The van der Waals surface area contributed by atoms with Crippen LogP contribution in [-0.2, 0) is 13.6 Å². The Morgan fingerprint density at radius 1 is 1.17 bits per heavy atom. The van der Waals surface area contributed by atoms with Crippen LogP contribution in [0.15, 0.2) is 48.9 Å². The Labute approximate surface area is 142 Å². The van der Waals surface area contributed by atoms with Crippen molar-refractivity contribution in [3.05, 3.63) is 54.5 Å². The van der Waals surface area contributed by atoms with Crippen molar-refractivity contribution in [3.63, 3.8) is 0 Å². The van der Waals surface area contributed by atoms with Crippen molar-refractivity contribution in [1.82, 2.24) is 19.4 Å². The number of hydrogen-bond donors (Lipinski definition) is 1. The minimum atomic E-state index is 0.413. The van der Waals surface area contributed by atoms with Gasteiger partial charge in [0, 0.05) is 55.7 Å². The third-order valence-electron chi connectivity index (χ3n) is 4.78. The molecular weight excluding hydrogens is 298 g/mol. The molecule has 1 fully saturated rings. The molecule has 0 spiro atoms. The number of piperidine rings is 1. The summed E-state index contributed by atoms with van der Waals surface area (Å²) >= 11 is 0. The maximum Gasteiger partial charge on any atom is 0.222 e. The van der Waals surface area contributed by atoms with Gasteiger partial charge in [-0.25, -0.2) is 9.97 Å². The Kier molecular flexibility index (Phi) is 4.17. The van der Waals surface area contributed by atoms with Crippen molar-refractivity contribution < 1.29 is 0 Å². The number of fused-ring (bicyclic) bond motifs is 1. The van der Waals surface area contributed by atoms with Gasteiger partial charge >= 0.3 is 0 Å². The van der Waals surface area contributed by atoms with Crippen LogP contribution in [-0.4, -0.2) is 38.6 Å². The van der Waals surface area contributed by atoms with Gasteiger partial charge in [-0.1, -0.05) is 18.2 Å². The summed E-state index contributed by atoms with van der Waals surface area (Å²) in [5, 5.41) is 4.83. The van der Waals surface area contributed by atoms with Gasteiger partial charge in [-0.3, -0.25) is 4.90 Å². The van der Waals surface area contributed by atoms with E-state index in [4.69, 9.17) is 0 Å². The molecule has 3 aromatic rings. The van der Waals surface area contributed by atoms with Crippen LogP contribution in [0.4, 0.5) is 5.95 Å². The van der Waals surface area contributed by atoms with Gasteiger partial charge in [0.15, 0.2) is 0 Å². The predicted molar refractivity (Wildman–Crippen MR) is 96.9 cm³/mol. The lowest BCUT2D eigenvalue weighted by molar-refractivity contribution is 0.209. The lowest BCUT2D eigenvalue weighted by atomic mass is 10.0. The highest BCUT2D eigenvalue weighted by molar-refractivity contribution is 5.83. The monoisotopic (exact) mass is 321 g/mol. The summed E-state index contributed by atoms with van der Waals surface area (Å²) in [6.07, 6.45) is 8.21. The molecule has 5 nitrogen and oxygen atoms in total. The number of nitrogens with one attached hydrogen (secondary N) is 1. The van der Waals surface area contributed by atoms with E-state index in [1.165, 1.54) is 29.3 Å². The predicted octanol–water partition coefficient (Wildman–Crippen LogP) is 3.04. The number of para-hydroxylation sites is 1. The molecule has 0 bridgehead atoms. The molecule has 0 aliphatic carbocycles. The molecule has 1 atom stereocenters. The fraction of sp³-hybridized carbons (Fsp3) is 0.368. The van der Waals surface area contributed by atoms with Gasteiger partial charge in [0.1, 0.15) is 0 Å². The topological polar surface area (TPSA) is 46.0 Å². The fourth-order valence-electron chi connectivity index (χ4n) is 3.67. The molecule has 1 saturated heterocycles. The van der Waals surface area contributed by atoms with Crippen LogP contribution >= 0.6 is 0 Å². The highest BCUT2D eigenvalue weighted by Crippen LogP contribution is 2.23. The SMILES string of the molecule is Cn1cc(CN2CCCC(Nc3ncccn3)C2)c2ccccc21. The molecular formula is C19H23N5. The summed E-state index contributed by atoms with van der Waals surface area (Å²) in [6, 6.07) is 10.9. The third kappa shape index (κ3) is 3.12. The zero-order valence-corrected chi connectivity index (χ0v) is 14.0. The summed E-state index contributed by atoms with van der Waals surface area (Å²) in [7, 11) is 2.12. The van der Waals surface area contributed by atoms with E-state index < -0.39 is 0 Å².